The summed E-state index contributed by atoms with van der Waals surface area (Å²) in [5.41, 5.74) is 12.7. The maximum atomic E-state index is 3.93. The van der Waals surface area contributed by atoms with Gasteiger partial charge in [0.15, 0.2) is 0 Å². The Morgan fingerprint density at radius 2 is 1.15 bits per heavy atom. The molecule has 0 bridgehead atoms. The molecule has 2 heteroatoms. The Labute approximate surface area is 276 Å². The maximum absolute atomic E-state index is 3.93. The summed E-state index contributed by atoms with van der Waals surface area (Å²) in [5.74, 6) is 0. The first kappa shape index (κ1) is 27.8. The molecule has 2 unspecified atom stereocenters. The maximum Gasteiger partial charge on any atom is 0.104 e. The van der Waals surface area contributed by atoms with Crippen LogP contribution in [-0.2, 0) is 5.41 Å². The fraction of sp³-hybridized carbons (Fsp3) is 0.111. The van der Waals surface area contributed by atoms with Gasteiger partial charge in [0.05, 0.1) is 6.04 Å². The molecule has 0 radical (unpaired) electrons. The van der Waals surface area contributed by atoms with Gasteiger partial charge in [0.1, 0.15) is 6.17 Å². The normalized spacial score (nSPS) is 18.0. The van der Waals surface area contributed by atoms with E-state index in [1.807, 2.05) is 0 Å². The summed E-state index contributed by atoms with van der Waals surface area (Å²) >= 11 is 0. The van der Waals surface area contributed by atoms with Gasteiger partial charge in [0, 0.05) is 16.7 Å². The third-order valence-corrected chi connectivity index (χ3v) is 10.3. The number of nitrogens with one attached hydrogen (secondary N) is 2. The van der Waals surface area contributed by atoms with Gasteiger partial charge in [-0.1, -0.05) is 141 Å². The van der Waals surface area contributed by atoms with Crippen LogP contribution in [0, 0.1) is 0 Å². The standard InChI is InChI=1S/C45H36N2/c1-45(2)39-21-11-20-37(43(39)38-26-33-16-8-9-17-34(33)27-40(38)45)42-28-41(46-44(47-42)30-13-4-3-5-14-30)36-19-10-18-32(25-36)35-23-22-29-12-6-7-15-31(29)24-35/h3-28,41,44,46-47H,1-2H3. The lowest BCUT2D eigenvalue weighted by molar-refractivity contribution is 0.443. The summed E-state index contributed by atoms with van der Waals surface area (Å²) in [6.45, 7) is 4.74. The predicted molar refractivity (Wildman–Crippen MR) is 197 cm³/mol. The van der Waals surface area contributed by atoms with Crippen LogP contribution in [0.15, 0.2) is 158 Å². The SMILES string of the molecule is CC1(C)c2cc3ccccc3cc2-c2c(C3=CC(c4cccc(-c5ccc6ccccc6c5)c4)NC(c4ccccc4)N3)cccc21. The molecule has 0 spiro atoms. The topological polar surface area (TPSA) is 24.1 Å². The van der Waals surface area contributed by atoms with Crippen molar-refractivity contribution in [3.63, 3.8) is 0 Å². The molecule has 0 saturated heterocycles. The van der Waals surface area contributed by atoms with Gasteiger partial charge in [0.25, 0.3) is 0 Å². The van der Waals surface area contributed by atoms with E-state index in [1.165, 1.54) is 71.6 Å². The van der Waals surface area contributed by atoms with Gasteiger partial charge in [-0.05, 0) is 96.4 Å². The first-order chi connectivity index (χ1) is 23.0. The number of benzene rings is 7. The van der Waals surface area contributed by atoms with Crippen LogP contribution in [0.3, 0.4) is 0 Å². The number of hydrogen-bond acceptors (Lipinski definition) is 2. The van der Waals surface area contributed by atoms with Crippen molar-refractivity contribution in [2.75, 3.05) is 0 Å². The van der Waals surface area contributed by atoms with Gasteiger partial charge < -0.3 is 5.32 Å². The molecule has 2 N–H and O–H groups in total. The second-order valence-electron chi connectivity index (χ2n) is 13.5. The minimum atomic E-state index is -0.0927. The zero-order valence-electron chi connectivity index (χ0n) is 26.7. The molecule has 1 aliphatic heterocycles. The van der Waals surface area contributed by atoms with Crippen molar-refractivity contribution >= 4 is 27.2 Å². The largest absolute Gasteiger partial charge is 0.366 e. The van der Waals surface area contributed by atoms with Crippen LogP contribution < -0.4 is 10.6 Å². The smallest absolute Gasteiger partial charge is 0.104 e. The van der Waals surface area contributed by atoms with Crippen LogP contribution >= 0.6 is 0 Å². The molecular formula is C45H36N2. The van der Waals surface area contributed by atoms with Crippen molar-refractivity contribution in [3.05, 3.63) is 186 Å². The Kier molecular flexibility index (Phi) is 6.41. The quantitative estimate of drug-likeness (QED) is 0.209. The average molecular weight is 605 g/mol. The van der Waals surface area contributed by atoms with Gasteiger partial charge in [0.2, 0.25) is 0 Å². The lowest BCUT2D eigenvalue weighted by Crippen LogP contribution is -2.39. The van der Waals surface area contributed by atoms with E-state index in [2.05, 4.69) is 182 Å². The lowest BCUT2D eigenvalue weighted by atomic mass is 9.81. The van der Waals surface area contributed by atoms with Crippen molar-refractivity contribution in [1.29, 1.82) is 0 Å². The highest BCUT2D eigenvalue weighted by molar-refractivity contribution is 5.97. The Bertz CT molecular complexity index is 2350. The van der Waals surface area contributed by atoms with Gasteiger partial charge in [-0.15, -0.1) is 0 Å². The van der Waals surface area contributed by atoms with Crippen LogP contribution in [0.4, 0.5) is 0 Å². The van der Waals surface area contributed by atoms with E-state index in [-0.39, 0.29) is 17.6 Å². The predicted octanol–water partition coefficient (Wildman–Crippen LogP) is 10.9. The second-order valence-corrected chi connectivity index (χ2v) is 13.5. The number of fused-ring (bicyclic) bond motifs is 5. The minimum Gasteiger partial charge on any atom is -0.366 e. The van der Waals surface area contributed by atoms with Crippen LogP contribution in [0.2, 0.25) is 0 Å². The van der Waals surface area contributed by atoms with Gasteiger partial charge in [-0.25, -0.2) is 0 Å². The molecule has 0 saturated carbocycles. The second kappa shape index (κ2) is 10.8. The highest BCUT2D eigenvalue weighted by Gasteiger charge is 2.38. The molecule has 9 rings (SSSR count). The summed E-state index contributed by atoms with van der Waals surface area (Å²) in [4.78, 5) is 0. The van der Waals surface area contributed by atoms with E-state index in [9.17, 15) is 0 Å². The van der Waals surface area contributed by atoms with Gasteiger partial charge >= 0.3 is 0 Å². The van der Waals surface area contributed by atoms with Crippen molar-refractivity contribution in [1.82, 2.24) is 10.6 Å². The van der Waals surface area contributed by atoms with Crippen molar-refractivity contribution in [2.45, 2.75) is 31.5 Å². The van der Waals surface area contributed by atoms with Crippen molar-refractivity contribution in [3.8, 4) is 22.3 Å². The summed E-state index contributed by atoms with van der Waals surface area (Å²) in [6, 6.07) is 55.5. The van der Waals surface area contributed by atoms with Crippen molar-refractivity contribution < 1.29 is 0 Å². The van der Waals surface area contributed by atoms with Crippen LogP contribution in [0.25, 0.3) is 49.5 Å². The molecule has 226 valence electrons. The zero-order chi connectivity index (χ0) is 31.5. The summed E-state index contributed by atoms with van der Waals surface area (Å²) in [7, 11) is 0. The van der Waals surface area contributed by atoms with E-state index in [0.29, 0.717) is 0 Å². The Hall–Kier alpha value is -5.44. The molecule has 1 heterocycles. The van der Waals surface area contributed by atoms with E-state index < -0.39 is 0 Å². The monoisotopic (exact) mass is 604 g/mol. The molecule has 0 aromatic heterocycles. The molecule has 0 fully saturated rings. The number of rotatable bonds is 4. The first-order valence-electron chi connectivity index (χ1n) is 16.6. The van der Waals surface area contributed by atoms with E-state index >= 15 is 0 Å². The Morgan fingerprint density at radius 1 is 0.489 bits per heavy atom. The van der Waals surface area contributed by atoms with E-state index in [0.717, 1.165) is 5.70 Å². The fourth-order valence-corrected chi connectivity index (χ4v) is 7.80. The van der Waals surface area contributed by atoms with Gasteiger partial charge in [-0.3, -0.25) is 5.32 Å². The van der Waals surface area contributed by atoms with E-state index in [4.69, 9.17) is 0 Å². The third kappa shape index (κ3) is 4.68. The number of hydrogen-bond donors (Lipinski definition) is 2. The summed E-state index contributed by atoms with van der Waals surface area (Å²) in [5, 5.41) is 13.0. The summed E-state index contributed by atoms with van der Waals surface area (Å²) in [6.07, 6.45) is 2.34. The van der Waals surface area contributed by atoms with Gasteiger partial charge in [-0.2, -0.15) is 0 Å². The Morgan fingerprint density at radius 3 is 1.96 bits per heavy atom. The van der Waals surface area contributed by atoms with Crippen LogP contribution in [0.5, 0.6) is 0 Å². The van der Waals surface area contributed by atoms with Crippen LogP contribution in [0.1, 0.15) is 53.9 Å². The summed E-state index contributed by atoms with van der Waals surface area (Å²) < 4.78 is 0. The zero-order valence-corrected chi connectivity index (χ0v) is 26.7. The van der Waals surface area contributed by atoms with Crippen LogP contribution in [-0.4, -0.2) is 0 Å². The molecule has 0 amide bonds. The van der Waals surface area contributed by atoms with E-state index in [1.54, 1.807) is 0 Å². The molecular weight excluding hydrogens is 569 g/mol. The molecule has 7 aromatic carbocycles. The van der Waals surface area contributed by atoms with Crippen molar-refractivity contribution in [2.24, 2.45) is 0 Å². The first-order valence-corrected chi connectivity index (χ1v) is 16.6. The minimum absolute atomic E-state index is 0.0122. The Balaban J connectivity index is 1.19. The third-order valence-electron chi connectivity index (χ3n) is 10.3. The average Bonchev–Trinajstić information content (AvgIpc) is 3.36. The fourth-order valence-electron chi connectivity index (χ4n) is 7.80. The lowest BCUT2D eigenvalue weighted by Gasteiger charge is -2.34. The highest BCUT2D eigenvalue weighted by Crippen LogP contribution is 2.52. The molecule has 47 heavy (non-hydrogen) atoms. The molecule has 2 nitrogen and oxygen atoms in total. The molecule has 7 aromatic rings. The molecule has 2 atom stereocenters. The highest BCUT2D eigenvalue weighted by atomic mass is 15.2. The molecule has 2 aliphatic rings. The molecule has 1 aliphatic carbocycles.